The minimum absolute atomic E-state index is 0.281. The van der Waals surface area contributed by atoms with Crippen LogP contribution in [0.3, 0.4) is 0 Å². The minimum Gasteiger partial charge on any atom is -0.306 e. The van der Waals surface area contributed by atoms with Gasteiger partial charge in [-0.15, -0.1) is 4.80 Å². The summed E-state index contributed by atoms with van der Waals surface area (Å²) in [5.74, 6) is 0.351. The summed E-state index contributed by atoms with van der Waals surface area (Å²) in [6, 6.07) is 2.70. The lowest BCUT2D eigenvalue weighted by Crippen LogP contribution is -2.21. The highest BCUT2D eigenvalue weighted by Crippen LogP contribution is 2.30. The molecule has 148 valence electrons. The summed E-state index contributed by atoms with van der Waals surface area (Å²) in [6.45, 7) is 0. The van der Waals surface area contributed by atoms with Gasteiger partial charge in [0.2, 0.25) is 0 Å². The van der Waals surface area contributed by atoms with Crippen molar-refractivity contribution in [2.24, 2.45) is 0 Å². The van der Waals surface area contributed by atoms with E-state index in [-0.39, 0.29) is 5.02 Å². The maximum atomic E-state index is 12.6. The molecule has 0 aromatic carbocycles. The van der Waals surface area contributed by atoms with Gasteiger partial charge in [0.25, 0.3) is 0 Å². The summed E-state index contributed by atoms with van der Waals surface area (Å²) in [5.41, 5.74) is 2.99. The molecule has 12 heteroatoms. The van der Waals surface area contributed by atoms with E-state index >= 15 is 0 Å². The van der Waals surface area contributed by atoms with Gasteiger partial charge in [0, 0.05) is 11.6 Å². The van der Waals surface area contributed by atoms with E-state index in [1.807, 2.05) is 18.2 Å². The van der Waals surface area contributed by atoms with E-state index in [4.69, 9.17) is 23.2 Å². The van der Waals surface area contributed by atoms with E-state index in [9.17, 15) is 4.79 Å². The fourth-order valence-corrected chi connectivity index (χ4v) is 3.30. The average molecular weight is 440 g/mol. The molecule has 4 aromatic heterocycles. The lowest BCUT2D eigenvalue weighted by molar-refractivity contribution is 0.262. The van der Waals surface area contributed by atoms with Crippen LogP contribution in [0.15, 0.2) is 55.1 Å². The Balaban J connectivity index is 1.40. The molecule has 30 heavy (non-hydrogen) atoms. The van der Waals surface area contributed by atoms with Crippen molar-refractivity contribution < 1.29 is 4.79 Å². The minimum atomic E-state index is -0.498. The number of rotatable bonds is 4. The molecule has 0 bridgehead atoms. The summed E-state index contributed by atoms with van der Waals surface area (Å²) in [4.78, 5) is 22.4. The number of fused-ring (bicyclic) bond motifs is 1. The number of hydrogen-bond donors (Lipinski definition) is 2. The van der Waals surface area contributed by atoms with E-state index in [2.05, 4.69) is 35.9 Å². The molecule has 2 amide bonds. The van der Waals surface area contributed by atoms with Crippen LogP contribution in [0.25, 0.3) is 17.0 Å². The van der Waals surface area contributed by atoms with Gasteiger partial charge in [-0.05, 0) is 6.07 Å². The Kier molecular flexibility index (Phi) is 4.42. The smallest absolute Gasteiger partial charge is 0.306 e. The molecule has 0 radical (unpaired) electrons. The van der Waals surface area contributed by atoms with Gasteiger partial charge in [-0.1, -0.05) is 41.4 Å². The van der Waals surface area contributed by atoms with Crippen LogP contribution in [0.4, 0.5) is 16.2 Å². The quantitative estimate of drug-likeness (QED) is 0.501. The Morgan fingerprint density at radius 3 is 2.53 bits per heavy atom. The number of aromatic nitrogens is 7. The van der Waals surface area contributed by atoms with E-state index in [0.717, 1.165) is 5.57 Å². The van der Waals surface area contributed by atoms with Gasteiger partial charge in [0.15, 0.2) is 16.6 Å². The molecule has 0 saturated heterocycles. The molecule has 4 aromatic rings. The van der Waals surface area contributed by atoms with E-state index in [1.54, 1.807) is 22.8 Å². The summed E-state index contributed by atoms with van der Waals surface area (Å²) in [6.07, 6.45) is 11.7. The third-order valence-electron chi connectivity index (χ3n) is 4.21. The van der Waals surface area contributed by atoms with Crippen molar-refractivity contribution in [1.82, 2.24) is 34.6 Å². The summed E-state index contributed by atoms with van der Waals surface area (Å²) in [5, 5.41) is 18.3. The highest BCUT2D eigenvalue weighted by Gasteiger charge is 2.18. The monoisotopic (exact) mass is 439 g/mol. The molecule has 5 rings (SSSR count). The van der Waals surface area contributed by atoms with Gasteiger partial charge in [-0.25, -0.2) is 19.3 Å². The largest absolute Gasteiger partial charge is 0.323 e. The van der Waals surface area contributed by atoms with E-state index in [1.165, 1.54) is 23.4 Å². The second kappa shape index (κ2) is 7.25. The molecule has 0 spiro atoms. The number of carbonyl (C=O) groups excluding carboxylic acids is 1. The molecule has 0 fully saturated rings. The van der Waals surface area contributed by atoms with Crippen molar-refractivity contribution in [2.75, 3.05) is 10.6 Å². The molecular formula is C18H11Cl2N9O. The predicted molar refractivity (Wildman–Crippen MR) is 112 cm³/mol. The Morgan fingerprint density at radius 2 is 1.83 bits per heavy atom. The lowest BCUT2D eigenvalue weighted by Gasteiger charge is -2.16. The number of hydrogen-bond acceptors (Lipinski definition) is 6. The van der Waals surface area contributed by atoms with Crippen LogP contribution in [-0.2, 0) is 0 Å². The Morgan fingerprint density at radius 1 is 1.03 bits per heavy atom. The fraction of sp³-hybridized carbons (Fsp3) is 0. The van der Waals surface area contributed by atoms with Gasteiger partial charge in [-0.2, -0.15) is 15.3 Å². The molecule has 1 aliphatic carbocycles. The number of anilines is 2. The first-order chi connectivity index (χ1) is 14.6. The van der Waals surface area contributed by atoms with Gasteiger partial charge < -0.3 is 10.6 Å². The topological polar surface area (TPSA) is 115 Å². The number of carbonyl (C=O) groups is 1. The number of pyridine rings is 1. The molecular weight excluding hydrogens is 429 g/mol. The van der Waals surface area contributed by atoms with Crippen molar-refractivity contribution in [3.05, 3.63) is 71.0 Å². The maximum Gasteiger partial charge on any atom is 0.323 e. The zero-order valence-corrected chi connectivity index (χ0v) is 16.5. The zero-order valence-electron chi connectivity index (χ0n) is 15.0. The van der Waals surface area contributed by atoms with Crippen molar-refractivity contribution >= 4 is 51.8 Å². The molecule has 4 heterocycles. The number of urea groups is 1. The number of nitrogens with zero attached hydrogens (tertiary/aromatic N) is 7. The summed E-state index contributed by atoms with van der Waals surface area (Å²) < 4.78 is 1.58. The van der Waals surface area contributed by atoms with Gasteiger partial charge >= 0.3 is 6.03 Å². The first-order valence-electron chi connectivity index (χ1n) is 8.62. The standard InChI is InChI=1S/C18H11Cl2N9O/c19-12-6-11(8-22-17(12)29-23-4-5-24-29)25-18(30)26-13-9-21-15-7-14(20)27-28(15)16(13)10-2-1-3-10/h1-9H,(H2,25,26,30). The lowest BCUT2D eigenvalue weighted by atomic mass is 10.0. The molecule has 1 aliphatic rings. The van der Waals surface area contributed by atoms with E-state index in [0.29, 0.717) is 33.7 Å². The Labute approximate surface area is 178 Å². The van der Waals surface area contributed by atoms with Crippen molar-refractivity contribution in [1.29, 1.82) is 0 Å². The Bertz CT molecular complexity index is 1340. The average Bonchev–Trinajstić information content (AvgIpc) is 3.31. The van der Waals surface area contributed by atoms with Gasteiger partial charge in [0.05, 0.1) is 46.9 Å². The van der Waals surface area contributed by atoms with E-state index < -0.39 is 6.03 Å². The van der Waals surface area contributed by atoms with Crippen LogP contribution in [0, 0.1) is 0 Å². The molecule has 0 saturated carbocycles. The molecule has 0 unspecified atom stereocenters. The highest BCUT2D eigenvalue weighted by atomic mass is 35.5. The van der Waals surface area contributed by atoms with Crippen molar-refractivity contribution in [3.63, 3.8) is 0 Å². The molecule has 2 N–H and O–H groups in total. The highest BCUT2D eigenvalue weighted by molar-refractivity contribution is 6.32. The molecule has 10 nitrogen and oxygen atoms in total. The first-order valence-corrected chi connectivity index (χ1v) is 9.37. The maximum absolute atomic E-state index is 12.6. The summed E-state index contributed by atoms with van der Waals surface area (Å²) in [7, 11) is 0. The second-order valence-corrected chi connectivity index (χ2v) is 6.96. The second-order valence-electron chi connectivity index (χ2n) is 6.17. The third kappa shape index (κ3) is 3.27. The molecule has 0 aliphatic heterocycles. The number of amides is 2. The zero-order chi connectivity index (χ0) is 20.7. The van der Waals surface area contributed by atoms with Crippen LogP contribution < -0.4 is 10.6 Å². The normalized spacial score (nSPS) is 12.5. The fourth-order valence-electron chi connectivity index (χ4n) is 2.88. The van der Waals surface area contributed by atoms with Crippen LogP contribution in [-0.4, -0.2) is 40.6 Å². The molecule has 0 atom stereocenters. The summed E-state index contributed by atoms with van der Waals surface area (Å²) >= 11 is 12.3. The van der Waals surface area contributed by atoms with Crippen LogP contribution in [0.1, 0.15) is 5.69 Å². The van der Waals surface area contributed by atoms with Crippen molar-refractivity contribution in [2.45, 2.75) is 0 Å². The van der Waals surface area contributed by atoms with Gasteiger partial charge in [0.1, 0.15) is 0 Å². The SMILES string of the molecule is O=C(Nc1cnc(-n2nccn2)c(Cl)c1)Nc1cnc2cc(Cl)nn2c1C1=CC=C1. The van der Waals surface area contributed by atoms with Gasteiger partial charge in [-0.3, -0.25) is 0 Å². The predicted octanol–water partition coefficient (Wildman–Crippen LogP) is 3.61. The van der Waals surface area contributed by atoms with Crippen LogP contribution in [0.5, 0.6) is 0 Å². The number of halogens is 2. The van der Waals surface area contributed by atoms with Crippen LogP contribution >= 0.6 is 23.2 Å². The third-order valence-corrected chi connectivity index (χ3v) is 4.68. The van der Waals surface area contributed by atoms with Crippen LogP contribution in [0.2, 0.25) is 10.2 Å². The number of allylic oxidation sites excluding steroid dienone is 4. The number of nitrogens with one attached hydrogen (secondary N) is 2. The Hall–Kier alpha value is -3.76. The van der Waals surface area contributed by atoms with Crippen molar-refractivity contribution in [3.8, 4) is 5.82 Å². The first kappa shape index (κ1) is 18.3.